The zero-order valence-corrected chi connectivity index (χ0v) is 25.0. The van der Waals surface area contributed by atoms with Crippen LogP contribution in [0.25, 0.3) is 0 Å². The molecule has 8 atom stereocenters. The van der Waals surface area contributed by atoms with Crippen molar-refractivity contribution in [2.75, 3.05) is 6.61 Å². The first-order valence-electron chi connectivity index (χ1n) is 16.4. The Bertz CT molecular complexity index is 707. The third kappa shape index (κ3) is 6.13. The predicted octanol–water partition coefficient (Wildman–Crippen LogP) is 10.6. The zero-order valence-electron chi connectivity index (χ0n) is 25.0. The molecule has 0 spiro atoms. The second kappa shape index (κ2) is 12.7. The predicted molar refractivity (Wildman–Crippen MR) is 156 cm³/mol. The standard InChI is InChI=1S/C35H61O/c1-7-8-9-10-11-12-24-36-29-20-22-34(5)28(25-29)16-17-30-32-19-18-31(27(4)15-13-14-26(2)3)35(32,6)23-21-33(30)34/h16,26-27,29-33H,1,7-15,17-25H2,2-6H3/t27-,29+,30?,31-,32?,33?,34+,35-/m1/s1. The lowest BCUT2D eigenvalue weighted by atomic mass is 9.47. The van der Waals surface area contributed by atoms with Crippen LogP contribution in [0.2, 0.25) is 0 Å². The van der Waals surface area contributed by atoms with Gasteiger partial charge in [0.1, 0.15) is 0 Å². The summed E-state index contributed by atoms with van der Waals surface area (Å²) in [5.41, 5.74) is 2.85. The van der Waals surface area contributed by atoms with Gasteiger partial charge < -0.3 is 4.74 Å². The van der Waals surface area contributed by atoms with Gasteiger partial charge in [0, 0.05) is 6.61 Å². The van der Waals surface area contributed by atoms with Gasteiger partial charge in [-0.2, -0.15) is 0 Å². The zero-order chi connectivity index (χ0) is 25.8. The van der Waals surface area contributed by atoms with Gasteiger partial charge in [0.15, 0.2) is 0 Å². The Morgan fingerprint density at radius 3 is 2.44 bits per heavy atom. The summed E-state index contributed by atoms with van der Waals surface area (Å²) in [6, 6.07) is 0. The lowest BCUT2D eigenvalue weighted by Gasteiger charge is -2.58. The van der Waals surface area contributed by atoms with Crippen LogP contribution in [0.4, 0.5) is 0 Å². The minimum Gasteiger partial charge on any atom is -0.378 e. The third-order valence-electron chi connectivity index (χ3n) is 12.0. The largest absolute Gasteiger partial charge is 0.378 e. The maximum absolute atomic E-state index is 6.44. The first-order valence-corrected chi connectivity index (χ1v) is 16.4. The normalized spacial score (nSPS) is 38.9. The highest BCUT2D eigenvalue weighted by Crippen LogP contribution is 2.67. The van der Waals surface area contributed by atoms with Crippen LogP contribution in [0.1, 0.15) is 144 Å². The number of fused-ring (bicyclic) bond motifs is 5. The highest BCUT2D eigenvalue weighted by atomic mass is 16.5. The molecule has 207 valence electrons. The first-order chi connectivity index (χ1) is 17.3. The number of hydrogen-bond donors (Lipinski definition) is 0. The summed E-state index contributed by atoms with van der Waals surface area (Å²) >= 11 is 0. The molecular formula is C35H61O. The van der Waals surface area contributed by atoms with Gasteiger partial charge in [0.25, 0.3) is 0 Å². The van der Waals surface area contributed by atoms with Crippen LogP contribution in [0.5, 0.6) is 0 Å². The Morgan fingerprint density at radius 2 is 1.67 bits per heavy atom. The minimum atomic E-state index is 0.458. The van der Waals surface area contributed by atoms with Gasteiger partial charge in [-0.15, -0.1) is 0 Å². The molecule has 0 bridgehead atoms. The van der Waals surface area contributed by atoms with E-state index in [1.807, 2.05) is 0 Å². The fourth-order valence-electron chi connectivity index (χ4n) is 9.85. The van der Waals surface area contributed by atoms with Crippen LogP contribution in [0.3, 0.4) is 0 Å². The minimum absolute atomic E-state index is 0.458. The molecule has 0 N–H and O–H groups in total. The molecule has 1 radical (unpaired) electrons. The number of allylic oxidation sites excluding steroid dienone is 1. The molecule has 4 aliphatic rings. The topological polar surface area (TPSA) is 9.23 Å². The number of unbranched alkanes of at least 4 members (excludes halogenated alkanes) is 5. The fourth-order valence-corrected chi connectivity index (χ4v) is 9.85. The second-order valence-corrected chi connectivity index (χ2v) is 14.6. The van der Waals surface area contributed by atoms with Crippen LogP contribution in [-0.2, 0) is 4.74 Å². The molecule has 0 saturated heterocycles. The number of rotatable bonds is 13. The summed E-state index contributed by atoms with van der Waals surface area (Å²) in [6.45, 7) is 17.7. The van der Waals surface area contributed by atoms with E-state index in [2.05, 4.69) is 47.6 Å². The molecule has 1 heteroatoms. The van der Waals surface area contributed by atoms with Gasteiger partial charge in [-0.05, 0) is 104 Å². The molecule has 4 aliphatic carbocycles. The highest BCUT2D eigenvalue weighted by molar-refractivity contribution is 5.25. The van der Waals surface area contributed by atoms with Crippen LogP contribution in [0, 0.1) is 53.3 Å². The summed E-state index contributed by atoms with van der Waals surface area (Å²) in [7, 11) is 0. The first kappa shape index (κ1) is 28.7. The maximum atomic E-state index is 6.44. The molecule has 0 aromatic heterocycles. The van der Waals surface area contributed by atoms with Crippen LogP contribution >= 0.6 is 0 Å². The second-order valence-electron chi connectivity index (χ2n) is 14.6. The molecule has 0 heterocycles. The Labute approximate surface area is 226 Å². The van der Waals surface area contributed by atoms with Gasteiger partial charge in [-0.1, -0.05) is 105 Å². The van der Waals surface area contributed by atoms with Crippen molar-refractivity contribution in [3.8, 4) is 0 Å². The molecule has 1 nitrogen and oxygen atoms in total. The van der Waals surface area contributed by atoms with Crippen molar-refractivity contribution in [1.29, 1.82) is 0 Å². The maximum Gasteiger partial charge on any atom is 0.0612 e. The van der Waals surface area contributed by atoms with Crippen LogP contribution in [-0.4, -0.2) is 12.7 Å². The molecule has 3 unspecified atom stereocenters. The van der Waals surface area contributed by atoms with Crippen molar-refractivity contribution in [2.24, 2.45) is 46.3 Å². The van der Waals surface area contributed by atoms with Crippen molar-refractivity contribution in [3.63, 3.8) is 0 Å². The fraction of sp³-hybridized carbons (Fsp3) is 0.914. The van der Waals surface area contributed by atoms with E-state index in [9.17, 15) is 0 Å². The van der Waals surface area contributed by atoms with E-state index in [0.717, 1.165) is 48.5 Å². The quantitative estimate of drug-likeness (QED) is 0.181. The molecule has 3 saturated carbocycles. The average molecular weight is 498 g/mol. The summed E-state index contributed by atoms with van der Waals surface area (Å²) in [5, 5.41) is 0. The molecule has 0 aliphatic heterocycles. The van der Waals surface area contributed by atoms with E-state index in [4.69, 9.17) is 4.74 Å². The third-order valence-corrected chi connectivity index (χ3v) is 12.0. The van der Waals surface area contributed by atoms with E-state index < -0.39 is 0 Å². The molecule has 36 heavy (non-hydrogen) atoms. The SMILES string of the molecule is [CH2]CCCCCCCO[C@H]1CC[C@@]2(C)C(=CCC3C2CC[C@@]2(C)C3CC[C@@H]2[C@H](C)CCCC(C)C)C1. The molecule has 4 rings (SSSR count). The van der Waals surface area contributed by atoms with Crippen molar-refractivity contribution in [1.82, 2.24) is 0 Å². The smallest absolute Gasteiger partial charge is 0.0612 e. The van der Waals surface area contributed by atoms with E-state index in [0.29, 0.717) is 16.9 Å². The lowest BCUT2D eigenvalue weighted by molar-refractivity contribution is -0.0641. The number of hydrogen-bond acceptors (Lipinski definition) is 1. The average Bonchev–Trinajstić information content (AvgIpc) is 3.20. The van der Waals surface area contributed by atoms with Crippen LogP contribution in [0.15, 0.2) is 11.6 Å². The van der Waals surface area contributed by atoms with Gasteiger partial charge >= 0.3 is 0 Å². The van der Waals surface area contributed by atoms with E-state index in [1.54, 1.807) is 5.57 Å². The van der Waals surface area contributed by atoms with Gasteiger partial charge in [-0.25, -0.2) is 0 Å². The molecule has 3 fully saturated rings. The lowest BCUT2D eigenvalue weighted by Crippen LogP contribution is -2.51. The monoisotopic (exact) mass is 497 g/mol. The van der Waals surface area contributed by atoms with Crippen molar-refractivity contribution >= 4 is 0 Å². The molecule has 0 aromatic carbocycles. The van der Waals surface area contributed by atoms with Gasteiger partial charge in [0.2, 0.25) is 0 Å². The van der Waals surface area contributed by atoms with Gasteiger partial charge in [0.05, 0.1) is 6.10 Å². The summed E-state index contributed by atoms with van der Waals surface area (Å²) in [6.07, 6.45) is 26.4. The molecule has 0 amide bonds. The summed E-state index contributed by atoms with van der Waals surface area (Å²) in [5.74, 6) is 5.59. The molecular weight excluding hydrogens is 436 g/mol. The van der Waals surface area contributed by atoms with Gasteiger partial charge in [-0.3, -0.25) is 0 Å². The summed E-state index contributed by atoms with van der Waals surface area (Å²) < 4.78 is 6.44. The van der Waals surface area contributed by atoms with Crippen molar-refractivity contribution in [3.05, 3.63) is 18.6 Å². The van der Waals surface area contributed by atoms with E-state index >= 15 is 0 Å². The van der Waals surface area contributed by atoms with Crippen molar-refractivity contribution in [2.45, 2.75) is 150 Å². The Kier molecular flexibility index (Phi) is 10.1. The van der Waals surface area contributed by atoms with E-state index in [-0.39, 0.29) is 0 Å². The Hall–Kier alpha value is -0.300. The number of ether oxygens (including phenoxy) is 1. The van der Waals surface area contributed by atoms with Crippen LogP contribution < -0.4 is 0 Å². The Balaban J connectivity index is 1.31. The Morgan fingerprint density at radius 1 is 0.889 bits per heavy atom. The highest BCUT2D eigenvalue weighted by Gasteiger charge is 2.59. The van der Waals surface area contributed by atoms with E-state index in [1.165, 1.54) is 103 Å². The molecule has 0 aromatic rings. The summed E-state index contributed by atoms with van der Waals surface area (Å²) in [4.78, 5) is 0. The van der Waals surface area contributed by atoms with Crippen molar-refractivity contribution < 1.29 is 4.74 Å².